The van der Waals surface area contributed by atoms with Crippen molar-refractivity contribution < 1.29 is 18.0 Å². The molecule has 0 aliphatic carbocycles. The molecule has 1 heterocycles. The third-order valence-electron chi connectivity index (χ3n) is 6.15. The van der Waals surface area contributed by atoms with Crippen molar-refractivity contribution in [2.24, 2.45) is 0 Å². The molecule has 4 aromatic carbocycles. The van der Waals surface area contributed by atoms with Crippen molar-refractivity contribution in [2.45, 2.75) is 12.7 Å². The van der Waals surface area contributed by atoms with Gasteiger partial charge in [0.25, 0.3) is 5.91 Å². The zero-order valence-electron chi connectivity index (χ0n) is 19.5. The van der Waals surface area contributed by atoms with E-state index in [4.69, 9.17) is 0 Å². The van der Waals surface area contributed by atoms with Gasteiger partial charge in [-0.15, -0.1) is 0 Å². The fourth-order valence-electron chi connectivity index (χ4n) is 4.41. The number of halogens is 3. The molecule has 0 radical (unpaired) electrons. The van der Waals surface area contributed by atoms with Gasteiger partial charge in [-0.25, -0.2) is 0 Å². The highest BCUT2D eigenvalue weighted by atomic mass is 19.4. The number of aromatic nitrogens is 1. The van der Waals surface area contributed by atoms with Gasteiger partial charge < -0.3 is 9.88 Å². The number of carbonyl (C=O) groups is 1. The van der Waals surface area contributed by atoms with E-state index in [2.05, 4.69) is 34.1 Å². The van der Waals surface area contributed by atoms with Crippen LogP contribution in [-0.4, -0.2) is 10.5 Å². The first-order valence-corrected chi connectivity index (χ1v) is 11.5. The molecule has 37 heavy (non-hydrogen) atoms. The maximum Gasteiger partial charge on any atom is 0.416 e. The van der Waals surface area contributed by atoms with Crippen molar-refractivity contribution in [3.8, 4) is 6.07 Å². The van der Waals surface area contributed by atoms with Crippen molar-refractivity contribution in [3.05, 3.63) is 119 Å². The Labute approximate surface area is 210 Å². The number of rotatable bonds is 5. The van der Waals surface area contributed by atoms with Crippen molar-refractivity contribution in [1.82, 2.24) is 4.57 Å². The van der Waals surface area contributed by atoms with Gasteiger partial charge in [-0.1, -0.05) is 66.7 Å². The Morgan fingerprint density at radius 3 is 2.41 bits per heavy atom. The van der Waals surface area contributed by atoms with Gasteiger partial charge in [0.2, 0.25) is 0 Å². The number of nitrogens with one attached hydrogen (secondary N) is 1. The number of nitrogens with zero attached hydrogens (tertiary/aromatic N) is 2. The first-order chi connectivity index (χ1) is 17.8. The number of carbonyl (C=O) groups excluding carboxylic acids is 1. The summed E-state index contributed by atoms with van der Waals surface area (Å²) >= 11 is 0. The summed E-state index contributed by atoms with van der Waals surface area (Å²) in [6, 6.07) is 28.1. The van der Waals surface area contributed by atoms with Gasteiger partial charge in [0.1, 0.15) is 11.6 Å². The summed E-state index contributed by atoms with van der Waals surface area (Å²) in [7, 11) is 0. The lowest BCUT2D eigenvalue weighted by molar-refractivity contribution is -0.137. The Morgan fingerprint density at radius 1 is 0.919 bits per heavy atom. The molecule has 0 unspecified atom stereocenters. The fourth-order valence-corrected chi connectivity index (χ4v) is 4.41. The van der Waals surface area contributed by atoms with Crippen molar-refractivity contribution in [3.63, 3.8) is 0 Å². The molecule has 7 heteroatoms. The molecule has 0 aliphatic rings. The summed E-state index contributed by atoms with van der Waals surface area (Å²) in [5, 5.41) is 15.2. The van der Waals surface area contributed by atoms with Gasteiger partial charge in [-0.05, 0) is 46.7 Å². The Bertz CT molecular complexity index is 1700. The van der Waals surface area contributed by atoms with E-state index in [0.29, 0.717) is 12.1 Å². The molecule has 0 saturated carbocycles. The number of nitriles is 1. The van der Waals surface area contributed by atoms with E-state index in [0.717, 1.165) is 39.4 Å². The normalized spacial score (nSPS) is 12.0. The minimum Gasteiger partial charge on any atom is -0.342 e. The van der Waals surface area contributed by atoms with Gasteiger partial charge in [0, 0.05) is 34.9 Å². The molecule has 0 saturated heterocycles. The molecule has 5 aromatic rings. The van der Waals surface area contributed by atoms with Crippen LogP contribution < -0.4 is 5.32 Å². The second kappa shape index (κ2) is 9.67. The summed E-state index contributed by atoms with van der Waals surface area (Å²) in [5.41, 5.74) is 1.56. The number of amides is 1. The third-order valence-corrected chi connectivity index (χ3v) is 6.15. The Hall–Kier alpha value is -4.83. The lowest BCUT2D eigenvalue weighted by Crippen LogP contribution is -2.14. The molecule has 1 N–H and O–H groups in total. The van der Waals surface area contributed by atoms with Crippen LogP contribution in [0.15, 0.2) is 103 Å². The SMILES string of the molecule is N#C/C(=C/c1cn(Cc2cccc3ccccc23)c2ccccc12)C(=O)Nc1cccc(C(F)(F)F)c1. The summed E-state index contributed by atoms with van der Waals surface area (Å²) in [6.07, 6.45) is -1.20. The van der Waals surface area contributed by atoms with Crippen LogP contribution in [0.3, 0.4) is 0 Å². The van der Waals surface area contributed by atoms with Crippen LogP contribution >= 0.6 is 0 Å². The number of benzene rings is 4. The predicted octanol–water partition coefficient (Wildman–Crippen LogP) is 7.41. The summed E-state index contributed by atoms with van der Waals surface area (Å²) in [4.78, 5) is 12.8. The van der Waals surface area contributed by atoms with Gasteiger partial charge in [-0.2, -0.15) is 18.4 Å². The molecule has 0 fully saturated rings. The molecular weight excluding hydrogens is 475 g/mol. The van der Waals surface area contributed by atoms with Crippen LogP contribution in [-0.2, 0) is 17.5 Å². The maximum atomic E-state index is 13.0. The molecule has 0 atom stereocenters. The lowest BCUT2D eigenvalue weighted by atomic mass is 10.0. The van der Waals surface area contributed by atoms with E-state index >= 15 is 0 Å². The van der Waals surface area contributed by atoms with Gasteiger partial charge in [0.05, 0.1) is 5.56 Å². The van der Waals surface area contributed by atoms with Crippen LogP contribution in [0.2, 0.25) is 0 Å². The number of fused-ring (bicyclic) bond motifs is 2. The van der Waals surface area contributed by atoms with E-state index in [-0.39, 0.29) is 11.3 Å². The highest BCUT2D eigenvalue weighted by Gasteiger charge is 2.30. The molecule has 1 aromatic heterocycles. The van der Waals surface area contributed by atoms with Crippen LogP contribution in [0.4, 0.5) is 18.9 Å². The first-order valence-electron chi connectivity index (χ1n) is 11.5. The van der Waals surface area contributed by atoms with E-state index in [1.807, 2.05) is 54.7 Å². The van der Waals surface area contributed by atoms with Crippen molar-refractivity contribution in [1.29, 1.82) is 5.26 Å². The number of alkyl halides is 3. The molecule has 0 aliphatic heterocycles. The van der Waals surface area contributed by atoms with Gasteiger partial charge in [-0.3, -0.25) is 4.79 Å². The second-order valence-corrected chi connectivity index (χ2v) is 8.57. The topological polar surface area (TPSA) is 57.8 Å². The minimum absolute atomic E-state index is 0.0423. The van der Waals surface area contributed by atoms with Crippen molar-refractivity contribution in [2.75, 3.05) is 5.32 Å². The van der Waals surface area contributed by atoms with Crippen LogP contribution in [0.25, 0.3) is 27.8 Å². The van der Waals surface area contributed by atoms with E-state index in [9.17, 15) is 23.2 Å². The molecule has 0 bridgehead atoms. The highest BCUT2D eigenvalue weighted by Crippen LogP contribution is 2.31. The quantitative estimate of drug-likeness (QED) is 0.204. The number of hydrogen-bond acceptors (Lipinski definition) is 2. The maximum absolute atomic E-state index is 13.0. The first kappa shape index (κ1) is 23.9. The number of para-hydroxylation sites is 1. The summed E-state index contributed by atoms with van der Waals surface area (Å²) in [5.74, 6) is -0.785. The summed E-state index contributed by atoms with van der Waals surface area (Å²) in [6.45, 7) is 0.577. The average Bonchev–Trinajstić information content (AvgIpc) is 3.24. The highest BCUT2D eigenvalue weighted by molar-refractivity contribution is 6.10. The number of hydrogen-bond donors (Lipinski definition) is 1. The Morgan fingerprint density at radius 2 is 1.62 bits per heavy atom. The van der Waals surface area contributed by atoms with Crippen LogP contribution in [0, 0.1) is 11.3 Å². The van der Waals surface area contributed by atoms with Crippen LogP contribution in [0.5, 0.6) is 0 Å². The zero-order chi connectivity index (χ0) is 26.0. The smallest absolute Gasteiger partial charge is 0.342 e. The molecule has 182 valence electrons. The van der Waals surface area contributed by atoms with E-state index in [1.54, 1.807) is 0 Å². The monoisotopic (exact) mass is 495 g/mol. The van der Waals surface area contributed by atoms with Gasteiger partial charge >= 0.3 is 6.18 Å². The summed E-state index contributed by atoms with van der Waals surface area (Å²) < 4.78 is 41.2. The lowest BCUT2D eigenvalue weighted by Gasteiger charge is -2.09. The second-order valence-electron chi connectivity index (χ2n) is 8.57. The van der Waals surface area contributed by atoms with Gasteiger partial charge in [0.15, 0.2) is 0 Å². The minimum atomic E-state index is -4.54. The van der Waals surface area contributed by atoms with E-state index < -0.39 is 17.6 Å². The predicted molar refractivity (Wildman–Crippen MR) is 139 cm³/mol. The Balaban J connectivity index is 1.49. The standard InChI is InChI=1S/C30H20F3N3O/c31-30(32,33)24-10-6-11-25(16-24)35-29(37)22(17-34)15-23-19-36(28-14-4-3-13-27(23)28)18-21-9-5-8-20-7-1-2-12-26(20)21/h1-16,19H,18H2,(H,35,37)/b22-15-. The van der Waals surface area contributed by atoms with Crippen molar-refractivity contribution >= 4 is 39.3 Å². The third kappa shape index (κ3) is 4.95. The molecule has 4 nitrogen and oxygen atoms in total. The van der Waals surface area contributed by atoms with E-state index in [1.165, 1.54) is 18.2 Å². The zero-order valence-corrected chi connectivity index (χ0v) is 19.5. The molecule has 0 spiro atoms. The molecule has 5 rings (SSSR count). The fraction of sp³-hybridized carbons (Fsp3) is 0.0667. The molecular formula is C30H20F3N3O. The Kier molecular flexibility index (Phi) is 6.24. The number of anilines is 1. The largest absolute Gasteiger partial charge is 0.416 e. The van der Waals surface area contributed by atoms with Crippen LogP contribution in [0.1, 0.15) is 16.7 Å². The molecule has 1 amide bonds. The average molecular weight is 496 g/mol.